The van der Waals surface area contributed by atoms with Crippen LogP contribution in [0.25, 0.3) is 22.4 Å². The number of nitrogens with zero attached hydrogens (tertiary/aromatic N) is 3. The summed E-state index contributed by atoms with van der Waals surface area (Å²) in [5, 5.41) is 13.2. The zero-order valence-corrected chi connectivity index (χ0v) is 20.2. The molecule has 0 saturated carbocycles. The first-order chi connectivity index (χ1) is 17.0. The number of aryl methyl sites for hydroxylation is 1. The van der Waals surface area contributed by atoms with Crippen LogP contribution in [0.4, 0.5) is 5.13 Å². The molecule has 3 heterocycles. The lowest BCUT2D eigenvalue weighted by molar-refractivity contribution is 0.102. The van der Waals surface area contributed by atoms with Crippen molar-refractivity contribution in [3.63, 3.8) is 0 Å². The molecule has 35 heavy (non-hydrogen) atoms. The molecule has 9 heteroatoms. The standard InChI is InChI=1S/C26H22N4O4S/c1-15-8-10-21(34-15)20-14-18(17-6-4-5-7-19(17)27-20)25(31)28-26-30-29-24(35-26)13-16-9-11-22(32-2)23(12-16)33-3/h4-12,14H,13H2,1-3H3,(H,28,30,31). The van der Waals surface area contributed by atoms with Crippen LogP contribution in [0.2, 0.25) is 0 Å². The number of rotatable bonds is 7. The minimum absolute atomic E-state index is 0.290. The molecule has 5 rings (SSSR count). The van der Waals surface area contributed by atoms with Gasteiger partial charge >= 0.3 is 0 Å². The molecule has 0 spiro atoms. The Hall–Kier alpha value is -4.24. The van der Waals surface area contributed by atoms with Crippen molar-refractivity contribution in [2.24, 2.45) is 0 Å². The van der Waals surface area contributed by atoms with Crippen LogP contribution >= 0.6 is 11.3 Å². The number of anilines is 1. The van der Waals surface area contributed by atoms with Crippen molar-refractivity contribution < 1.29 is 18.7 Å². The Kier molecular flexibility index (Phi) is 6.15. The third kappa shape index (κ3) is 4.71. The zero-order chi connectivity index (χ0) is 24.4. The average Bonchev–Trinajstić information content (AvgIpc) is 3.51. The van der Waals surface area contributed by atoms with Gasteiger partial charge in [0, 0.05) is 11.8 Å². The molecule has 0 bridgehead atoms. The highest BCUT2D eigenvalue weighted by molar-refractivity contribution is 7.15. The third-order valence-electron chi connectivity index (χ3n) is 5.44. The minimum atomic E-state index is -0.290. The van der Waals surface area contributed by atoms with Crippen LogP contribution in [0, 0.1) is 6.92 Å². The van der Waals surface area contributed by atoms with Crippen molar-refractivity contribution in [3.8, 4) is 23.0 Å². The van der Waals surface area contributed by atoms with Gasteiger partial charge in [-0.05, 0) is 48.9 Å². The molecule has 8 nitrogen and oxygen atoms in total. The normalized spacial score (nSPS) is 10.9. The van der Waals surface area contributed by atoms with Crippen LogP contribution < -0.4 is 14.8 Å². The van der Waals surface area contributed by atoms with E-state index in [0.29, 0.717) is 45.6 Å². The number of para-hydroxylation sites is 1. The molecule has 5 aromatic rings. The Balaban J connectivity index is 1.39. The number of hydrogen-bond acceptors (Lipinski definition) is 8. The van der Waals surface area contributed by atoms with Crippen LogP contribution in [0.5, 0.6) is 11.5 Å². The van der Waals surface area contributed by atoms with E-state index < -0.39 is 0 Å². The van der Waals surface area contributed by atoms with Gasteiger partial charge in [0.2, 0.25) is 5.13 Å². The van der Waals surface area contributed by atoms with Gasteiger partial charge in [0.1, 0.15) is 16.5 Å². The highest BCUT2D eigenvalue weighted by Gasteiger charge is 2.17. The van der Waals surface area contributed by atoms with Crippen LogP contribution in [0.15, 0.2) is 65.1 Å². The maximum Gasteiger partial charge on any atom is 0.258 e. The molecule has 0 saturated heterocycles. The number of fused-ring (bicyclic) bond motifs is 1. The number of nitrogens with one attached hydrogen (secondary N) is 1. The van der Waals surface area contributed by atoms with Gasteiger partial charge in [0.25, 0.3) is 5.91 Å². The van der Waals surface area contributed by atoms with Crippen LogP contribution in [0.1, 0.15) is 26.7 Å². The number of amides is 1. The fraction of sp³-hybridized carbons (Fsp3) is 0.154. The molecular formula is C26H22N4O4S. The predicted molar refractivity (Wildman–Crippen MR) is 134 cm³/mol. The van der Waals surface area contributed by atoms with E-state index in [2.05, 4.69) is 20.5 Å². The monoisotopic (exact) mass is 486 g/mol. The number of methoxy groups -OCH3 is 2. The van der Waals surface area contributed by atoms with E-state index in [1.165, 1.54) is 11.3 Å². The highest BCUT2D eigenvalue weighted by Crippen LogP contribution is 2.30. The number of ether oxygens (including phenoxy) is 2. The van der Waals surface area contributed by atoms with Crippen molar-refractivity contribution in [1.29, 1.82) is 0 Å². The van der Waals surface area contributed by atoms with Crippen molar-refractivity contribution in [2.45, 2.75) is 13.3 Å². The Morgan fingerprint density at radius 3 is 2.60 bits per heavy atom. The maximum atomic E-state index is 13.3. The van der Waals surface area contributed by atoms with E-state index >= 15 is 0 Å². The Morgan fingerprint density at radius 1 is 1.00 bits per heavy atom. The molecule has 0 aliphatic carbocycles. The van der Waals surface area contributed by atoms with Gasteiger partial charge in [-0.3, -0.25) is 10.1 Å². The second-order valence-electron chi connectivity index (χ2n) is 7.80. The van der Waals surface area contributed by atoms with E-state index in [1.807, 2.05) is 61.5 Å². The molecule has 0 radical (unpaired) electrons. The number of benzene rings is 2. The largest absolute Gasteiger partial charge is 0.493 e. The number of pyridine rings is 1. The highest BCUT2D eigenvalue weighted by atomic mass is 32.1. The van der Waals surface area contributed by atoms with Crippen molar-refractivity contribution >= 4 is 33.3 Å². The molecular weight excluding hydrogens is 464 g/mol. The lowest BCUT2D eigenvalue weighted by Crippen LogP contribution is -2.13. The van der Waals surface area contributed by atoms with E-state index in [4.69, 9.17) is 13.9 Å². The second-order valence-corrected chi connectivity index (χ2v) is 8.87. The van der Waals surface area contributed by atoms with Gasteiger partial charge in [0.05, 0.1) is 25.3 Å². The van der Waals surface area contributed by atoms with E-state index in [1.54, 1.807) is 20.3 Å². The summed E-state index contributed by atoms with van der Waals surface area (Å²) in [7, 11) is 3.20. The third-order valence-corrected chi connectivity index (χ3v) is 6.28. The Bertz CT molecular complexity index is 1530. The van der Waals surface area contributed by atoms with Crippen molar-refractivity contribution in [3.05, 3.63) is 82.6 Å². The van der Waals surface area contributed by atoms with Crippen molar-refractivity contribution in [2.75, 3.05) is 19.5 Å². The fourth-order valence-corrected chi connectivity index (χ4v) is 4.54. The number of carbonyl (C=O) groups excluding carboxylic acids is 1. The average molecular weight is 487 g/mol. The van der Waals surface area contributed by atoms with Crippen LogP contribution in [0.3, 0.4) is 0 Å². The molecule has 3 aromatic heterocycles. The SMILES string of the molecule is COc1ccc(Cc2nnc(NC(=O)c3cc(-c4ccc(C)o4)nc4ccccc34)s2)cc1OC. The molecule has 1 amide bonds. The molecule has 1 N–H and O–H groups in total. The van der Waals surface area contributed by atoms with Gasteiger partial charge in [0.15, 0.2) is 17.3 Å². The van der Waals surface area contributed by atoms with Gasteiger partial charge in [-0.1, -0.05) is 35.6 Å². The first kappa shape index (κ1) is 22.5. The summed E-state index contributed by atoms with van der Waals surface area (Å²) >= 11 is 1.32. The molecule has 0 aliphatic rings. The van der Waals surface area contributed by atoms with Crippen LogP contribution in [-0.2, 0) is 6.42 Å². The first-order valence-electron chi connectivity index (χ1n) is 10.9. The summed E-state index contributed by atoms with van der Waals surface area (Å²) in [4.78, 5) is 17.9. The summed E-state index contributed by atoms with van der Waals surface area (Å²) in [5.41, 5.74) is 2.77. The van der Waals surface area contributed by atoms with Gasteiger partial charge < -0.3 is 13.9 Å². The van der Waals surface area contributed by atoms with E-state index in [0.717, 1.165) is 21.7 Å². The van der Waals surface area contributed by atoms with Gasteiger partial charge in [-0.15, -0.1) is 10.2 Å². The summed E-state index contributed by atoms with van der Waals surface area (Å²) < 4.78 is 16.4. The Morgan fingerprint density at radius 2 is 1.83 bits per heavy atom. The first-order valence-corrected chi connectivity index (χ1v) is 11.7. The minimum Gasteiger partial charge on any atom is -0.493 e. The zero-order valence-electron chi connectivity index (χ0n) is 19.4. The lowest BCUT2D eigenvalue weighted by Gasteiger charge is -2.08. The molecule has 0 aliphatic heterocycles. The summed E-state index contributed by atoms with van der Waals surface area (Å²) in [5.74, 6) is 2.40. The van der Waals surface area contributed by atoms with Crippen molar-refractivity contribution in [1.82, 2.24) is 15.2 Å². The maximum absolute atomic E-state index is 13.3. The number of furan rings is 1. The quantitative estimate of drug-likeness (QED) is 0.324. The molecule has 0 unspecified atom stereocenters. The predicted octanol–water partition coefficient (Wildman–Crippen LogP) is 5.52. The second kappa shape index (κ2) is 9.55. The molecule has 0 atom stereocenters. The topological polar surface area (TPSA) is 99.4 Å². The Labute approximate surface area is 205 Å². The smallest absolute Gasteiger partial charge is 0.258 e. The summed E-state index contributed by atoms with van der Waals surface area (Å²) in [6.07, 6.45) is 0.550. The molecule has 0 fully saturated rings. The number of hydrogen-bond donors (Lipinski definition) is 1. The number of aromatic nitrogens is 3. The molecule has 176 valence electrons. The number of carbonyl (C=O) groups is 1. The summed E-state index contributed by atoms with van der Waals surface area (Å²) in [6, 6.07) is 18.7. The lowest BCUT2D eigenvalue weighted by atomic mass is 10.1. The molecule has 2 aromatic carbocycles. The van der Waals surface area contributed by atoms with Gasteiger partial charge in [-0.25, -0.2) is 4.98 Å². The summed E-state index contributed by atoms with van der Waals surface area (Å²) in [6.45, 7) is 1.87. The van der Waals surface area contributed by atoms with E-state index in [9.17, 15) is 4.79 Å². The fourth-order valence-electron chi connectivity index (χ4n) is 3.77. The van der Waals surface area contributed by atoms with E-state index in [-0.39, 0.29) is 5.91 Å². The van der Waals surface area contributed by atoms with Gasteiger partial charge in [-0.2, -0.15) is 0 Å². The van der Waals surface area contributed by atoms with Crippen LogP contribution in [-0.4, -0.2) is 35.3 Å².